The Hall–Kier alpha value is -3.64. The van der Waals surface area contributed by atoms with Crippen LogP contribution in [-0.4, -0.2) is 51.5 Å². The van der Waals surface area contributed by atoms with Gasteiger partial charge in [-0.25, -0.2) is 15.0 Å². The van der Waals surface area contributed by atoms with E-state index in [0.29, 0.717) is 6.42 Å². The average molecular weight is 443 g/mol. The molecule has 3 unspecified atom stereocenters. The topological polar surface area (TPSA) is 118 Å². The molecule has 9 heteroatoms. The molecule has 5 rings (SSSR count). The number of H-pyrrole nitrogens is 1. The SMILES string of the molecule is N#CCC(N=CC(C=N)c1ncnc2[nH]ccc12)C1CCN(c2ccc3ccsc3n2)C1. The van der Waals surface area contributed by atoms with E-state index in [2.05, 4.69) is 49.5 Å². The zero-order valence-corrected chi connectivity index (χ0v) is 18.2. The van der Waals surface area contributed by atoms with Crippen LogP contribution in [0.25, 0.3) is 21.3 Å². The number of aromatic nitrogens is 4. The van der Waals surface area contributed by atoms with E-state index >= 15 is 0 Å². The van der Waals surface area contributed by atoms with Crippen LogP contribution in [0.5, 0.6) is 0 Å². The second-order valence-corrected chi connectivity index (χ2v) is 8.79. The maximum absolute atomic E-state index is 9.41. The van der Waals surface area contributed by atoms with E-state index in [1.165, 1.54) is 17.9 Å². The van der Waals surface area contributed by atoms with Gasteiger partial charge in [-0.05, 0) is 36.1 Å². The fourth-order valence-electron chi connectivity index (χ4n) is 4.31. The standard InChI is InChI=1S/C23H22N8S/c24-7-3-19(27-12-17(11-25)21-18-4-8-26-22(18)29-14-28-21)16-5-9-31(13-16)20-2-1-15-6-10-32-23(15)30-20/h1-2,4,6,8,10-12,14,16-17,19,25H,3,5,9,13H2,(H,26,28,29). The van der Waals surface area contributed by atoms with Gasteiger partial charge in [-0.15, -0.1) is 11.3 Å². The molecule has 32 heavy (non-hydrogen) atoms. The molecule has 0 saturated carbocycles. The molecule has 0 radical (unpaired) electrons. The van der Waals surface area contributed by atoms with Crippen LogP contribution >= 0.6 is 11.3 Å². The van der Waals surface area contributed by atoms with Crippen molar-refractivity contribution in [2.45, 2.75) is 24.8 Å². The Kier molecular flexibility index (Phi) is 5.60. The summed E-state index contributed by atoms with van der Waals surface area (Å²) < 4.78 is 0. The van der Waals surface area contributed by atoms with Crippen molar-refractivity contribution in [1.29, 1.82) is 10.7 Å². The Bertz CT molecular complexity index is 1320. The molecule has 1 fully saturated rings. The molecule has 1 aliphatic rings. The Labute approximate surface area is 189 Å². The lowest BCUT2D eigenvalue weighted by Gasteiger charge is -2.20. The number of anilines is 1. The summed E-state index contributed by atoms with van der Waals surface area (Å²) in [5.74, 6) is 0.879. The van der Waals surface area contributed by atoms with Gasteiger partial charge in [0.2, 0.25) is 0 Å². The quantitative estimate of drug-likeness (QED) is 0.416. The van der Waals surface area contributed by atoms with Gasteiger partial charge in [0.1, 0.15) is 22.6 Å². The molecular weight excluding hydrogens is 420 g/mol. The first kappa shape index (κ1) is 20.3. The van der Waals surface area contributed by atoms with Gasteiger partial charge < -0.3 is 15.3 Å². The lowest BCUT2D eigenvalue weighted by Crippen LogP contribution is -2.25. The van der Waals surface area contributed by atoms with Crippen LogP contribution in [0.3, 0.4) is 0 Å². The predicted molar refractivity (Wildman–Crippen MR) is 128 cm³/mol. The van der Waals surface area contributed by atoms with Gasteiger partial charge in [0.25, 0.3) is 0 Å². The van der Waals surface area contributed by atoms with Gasteiger partial charge in [0.15, 0.2) is 0 Å². The van der Waals surface area contributed by atoms with Gasteiger partial charge in [0.05, 0.1) is 30.1 Å². The summed E-state index contributed by atoms with van der Waals surface area (Å²) in [5, 5.41) is 21.4. The number of hydrogen-bond acceptors (Lipinski definition) is 8. The third-order valence-electron chi connectivity index (χ3n) is 6.01. The molecule has 1 aliphatic heterocycles. The number of pyridine rings is 1. The second-order valence-electron chi connectivity index (χ2n) is 7.90. The zero-order valence-electron chi connectivity index (χ0n) is 17.3. The maximum Gasteiger partial charge on any atom is 0.140 e. The number of hydrogen-bond donors (Lipinski definition) is 2. The highest BCUT2D eigenvalue weighted by Crippen LogP contribution is 2.30. The molecule has 0 bridgehead atoms. The van der Waals surface area contributed by atoms with E-state index in [9.17, 15) is 5.26 Å². The van der Waals surface area contributed by atoms with Crippen molar-refractivity contribution < 1.29 is 0 Å². The van der Waals surface area contributed by atoms with E-state index in [1.807, 2.05) is 12.3 Å². The lowest BCUT2D eigenvalue weighted by molar-refractivity contribution is 0.467. The molecule has 0 amide bonds. The lowest BCUT2D eigenvalue weighted by atomic mass is 9.96. The van der Waals surface area contributed by atoms with Crippen molar-refractivity contribution in [1.82, 2.24) is 19.9 Å². The number of fused-ring (bicyclic) bond motifs is 2. The zero-order chi connectivity index (χ0) is 21.9. The van der Waals surface area contributed by atoms with Crippen LogP contribution in [0.2, 0.25) is 0 Å². The third kappa shape index (κ3) is 3.85. The summed E-state index contributed by atoms with van der Waals surface area (Å²) >= 11 is 1.65. The number of nitriles is 1. The maximum atomic E-state index is 9.41. The Balaban J connectivity index is 1.34. The fourth-order valence-corrected chi connectivity index (χ4v) is 5.07. The number of aromatic amines is 1. The Morgan fingerprint density at radius 1 is 1.34 bits per heavy atom. The summed E-state index contributed by atoms with van der Waals surface area (Å²) in [6.45, 7) is 1.72. The Morgan fingerprint density at radius 3 is 3.16 bits per heavy atom. The summed E-state index contributed by atoms with van der Waals surface area (Å²) in [7, 11) is 0. The summed E-state index contributed by atoms with van der Waals surface area (Å²) in [5.41, 5.74) is 1.48. The Morgan fingerprint density at radius 2 is 2.28 bits per heavy atom. The minimum atomic E-state index is -0.363. The number of rotatable bonds is 7. The van der Waals surface area contributed by atoms with Crippen molar-refractivity contribution in [3.05, 3.63) is 47.9 Å². The van der Waals surface area contributed by atoms with Crippen LogP contribution in [0.1, 0.15) is 24.5 Å². The number of nitrogens with one attached hydrogen (secondary N) is 2. The van der Waals surface area contributed by atoms with Gasteiger partial charge in [-0.1, -0.05) is 0 Å². The first-order chi connectivity index (χ1) is 15.8. The average Bonchev–Trinajstić information content (AvgIpc) is 3.58. The van der Waals surface area contributed by atoms with Crippen molar-refractivity contribution >= 4 is 50.8 Å². The van der Waals surface area contributed by atoms with Crippen molar-refractivity contribution in [3.8, 4) is 6.07 Å². The predicted octanol–water partition coefficient (Wildman–Crippen LogP) is 4.18. The van der Waals surface area contributed by atoms with E-state index in [-0.39, 0.29) is 17.9 Å². The first-order valence-electron chi connectivity index (χ1n) is 10.5. The molecule has 3 atom stereocenters. The van der Waals surface area contributed by atoms with E-state index in [0.717, 1.165) is 46.9 Å². The molecule has 4 aromatic rings. The highest BCUT2D eigenvalue weighted by molar-refractivity contribution is 7.16. The third-order valence-corrected chi connectivity index (χ3v) is 6.84. The molecule has 0 aromatic carbocycles. The highest BCUT2D eigenvalue weighted by Gasteiger charge is 2.30. The summed E-state index contributed by atoms with van der Waals surface area (Å²) in [4.78, 5) is 24.6. The van der Waals surface area contributed by atoms with Crippen LogP contribution in [0.4, 0.5) is 5.82 Å². The largest absolute Gasteiger partial charge is 0.356 e. The van der Waals surface area contributed by atoms with Crippen LogP contribution in [-0.2, 0) is 0 Å². The molecule has 2 N–H and O–H groups in total. The monoisotopic (exact) mass is 442 g/mol. The van der Waals surface area contributed by atoms with E-state index in [1.54, 1.807) is 17.6 Å². The van der Waals surface area contributed by atoms with Crippen LogP contribution in [0.15, 0.2) is 47.2 Å². The van der Waals surface area contributed by atoms with E-state index in [4.69, 9.17) is 15.4 Å². The van der Waals surface area contributed by atoms with E-state index < -0.39 is 0 Å². The molecule has 0 aliphatic carbocycles. The van der Waals surface area contributed by atoms with Gasteiger partial charge >= 0.3 is 0 Å². The van der Waals surface area contributed by atoms with Gasteiger partial charge in [-0.2, -0.15) is 5.26 Å². The highest BCUT2D eigenvalue weighted by atomic mass is 32.1. The first-order valence-corrected chi connectivity index (χ1v) is 11.4. The molecule has 1 saturated heterocycles. The number of nitrogens with zero attached hydrogens (tertiary/aromatic N) is 6. The minimum Gasteiger partial charge on any atom is -0.356 e. The summed E-state index contributed by atoms with van der Waals surface area (Å²) in [6.07, 6.45) is 7.72. The smallest absolute Gasteiger partial charge is 0.140 e. The van der Waals surface area contributed by atoms with Gasteiger partial charge in [0, 0.05) is 48.4 Å². The molecule has 160 valence electrons. The molecular formula is C23H22N8S. The molecule has 4 aromatic heterocycles. The van der Waals surface area contributed by atoms with Crippen LogP contribution in [0, 0.1) is 22.7 Å². The van der Waals surface area contributed by atoms with Crippen molar-refractivity contribution in [2.75, 3.05) is 18.0 Å². The van der Waals surface area contributed by atoms with Crippen LogP contribution < -0.4 is 4.90 Å². The molecule has 0 spiro atoms. The van der Waals surface area contributed by atoms with Gasteiger partial charge in [-0.3, -0.25) is 4.99 Å². The summed E-state index contributed by atoms with van der Waals surface area (Å²) in [6, 6.07) is 10.4. The number of aliphatic imine (C=N–C) groups is 1. The second kappa shape index (κ2) is 8.85. The normalized spacial score (nSPS) is 18.3. The van der Waals surface area contributed by atoms with Crippen molar-refractivity contribution in [3.63, 3.8) is 0 Å². The molecule has 8 nitrogen and oxygen atoms in total. The molecule has 5 heterocycles. The minimum absolute atomic E-state index is 0.124. The number of thiophene rings is 1. The fraction of sp³-hybridized carbons (Fsp3) is 0.304. The van der Waals surface area contributed by atoms with Crippen molar-refractivity contribution in [2.24, 2.45) is 10.9 Å².